The van der Waals surface area contributed by atoms with E-state index in [1.165, 1.54) is 6.92 Å². The van der Waals surface area contributed by atoms with Gasteiger partial charge in [-0.15, -0.1) is 0 Å². The Balaban J connectivity index is 2.45. The first-order valence-electron chi connectivity index (χ1n) is 5.98. The van der Waals surface area contributed by atoms with Crippen molar-refractivity contribution < 1.29 is 28.1 Å². The van der Waals surface area contributed by atoms with Crippen LogP contribution in [0.3, 0.4) is 0 Å². The molecule has 2 heterocycles. The van der Waals surface area contributed by atoms with Gasteiger partial charge in [-0.2, -0.15) is 13.2 Å². The number of nitrogens with one attached hydrogen (secondary N) is 1. The normalized spacial score (nSPS) is 29.8. The Morgan fingerprint density at radius 2 is 2.14 bits per heavy atom. The topological polar surface area (TPSA) is 105 Å². The van der Waals surface area contributed by atoms with Crippen molar-refractivity contribution in [3.63, 3.8) is 0 Å². The van der Waals surface area contributed by atoms with Crippen LogP contribution in [0.1, 0.15) is 18.2 Å². The number of aromatic amines is 1. The van der Waals surface area contributed by atoms with Gasteiger partial charge in [0.15, 0.2) is 0 Å². The van der Waals surface area contributed by atoms with Crippen molar-refractivity contribution in [2.75, 3.05) is 6.61 Å². The lowest BCUT2D eigenvalue weighted by atomic mass is 9.97. The summed E-state index contributed by atoms with van der Waals surface area (Å²) >= 11 is 0. The molecule has 3 N–H and O–H groups in total. The van der Waals surface area contributed by atoms with Gasteiger partial charge >= 0.3 is 11.9 Å². The molecule has 1 fully saturated rings. The fourth-order valence-corrected chi connectivity index (χ4v) is 2.21. The third-order valence-electron chi connectivity index (χ3n) is 3.48. The minimum absolute atomic E-state index is 0.0983. The predicted octanol–water partition coefficient (Wildman–Crippen LogP) is -0.582. The maximum Gasteiger partial charge on any atom is 0.422 e. The van der Waals surface area contributed by atoms with Crippen LogP contribution in [0.4, 0.5) is 13.2 Å². The Kier molecular flexibility index (Phi) is 3.72. The molecule has 1 aliphatic rings. The second-order valence-electron chi connectivity index (χ2n) is 4.85. The first-order valence-corrected chi connectivity index (χ1v) is 5.98. The van der Waals surface area contributed by atoms with E-state index in [4.69, 9.17) is 9.84 Å². The number of ether oxygens (including phenoxy) is 1. The zero-order chi connectivity index (χ0) is 16.0. The first kappa shape index (κ1) is 15.7. The van der Waals surface area contributed by atoms with Crippen LogP contribution >= 0.6 is 0 Å². The van der Waals surface area contributed by atoms with Gasteiger partial charge in [0, 0.05) is 18.2 Å². The summed E-state index contributed by atoms with van der Waals surface area (Å²) in [5.74, 6) is 0. The number of H-pyrrole nitrogens is 1. The van der Waals surface area contributed by atoms with Gasteiger partial charge in [-0.25, -0.2) is 4.79 Å². The number of hydrogen-bond donors (Lipinski definition) is 3. The summed E-state index contributed by atoms with van der Waals surface area (Å²) in [6.07, 6.45) is -8.01. The van der Waals surface area contributed by atoms with E-state index in [1.54, 1.807) is 0 Å². The van der Waals surface area contributed by atoms with Crippen molar-refractivity contribution in [1.29, 1.82) is 0 Å². The summed E-state index contributed by atoms with van der Waals surface area (Å²) in [5.41, 5.74) is -4.68. The average Bonchev–Trinajstić information content (AvgIpc) is 2.71. The number of halogens is 3. The van der Waals surface area contributed by atoms with Crippen LogP contribution in [-0.4, -0.2) is 44.3 Å². The summed E-state index contributed by atoms with van der Waals surface area (Å²) in [4.78, 5) is 24.8. The molecule has 0 radical (unpaired) electrons. The van der Waals surface area contributed by atoms with E-state index >= 15 is 0 Å². The van der Waals surface area contributed by atoms with Gasteiger partial charge in [-0.05, 0) is 6.92 Å². The molecule has 1 saturated heterocycles. The van der Waals surface area contributed by atoms with E-state index in [1.807, 2.05) is 4.98 Å². The number of hydrogen-bond acceptors (Lipinski definition) is 5. The molecule has 118 valence electrons. The molecule has 0 unspecified atom stereocenters. The molecule has 1 aliphatic heterocycles. The Bertz CT molecular complexity index is 652. The van der Waals surface area contributed by atoms with Crippen molar-refractivity contribution in [1.82, 2.24) is 9.55 Å². The number of aryl methyl sites for hydroxylation is 1. The molecule has 7 nitrogen and oxygen atoms in total. The summed E-state index contributed by atoms with van der Waals surface area (Å²) < 4.78 is 44.5. The number of aliphatic hydroxyl groups is 2. The maximum absolute atomic E-state index is 13.0. The molecule has 21 heavy (non-hydrogen) atoms. The zero-order valence-electron chi connectivity index (χ0n) is 10.8. The summed E-state index contributed by atoms with van der Waals surface area (Å²) in [7, 11) is 0. The molecule has 0 saturated carbocycles. The van der Waals surface area contributed by atoms with E-state index in [0.717, 1.165) is 10.8 Å². The van der Waals surface area contributed by atoms with E-state index in [0.29, 0.717) is 0 Å². The van der Waals surface area contributed by atoms with Crippen molar-refractivity contribution in [2.24, 2.45) is 0 Å². The smallest absolute Gasteiger partial charge is 0.393 e. The molecule has 1 aromatic rings. The van der Waals surface area contributed by atoms with Crippen LogP contribution in [0.5, 0.6) is 0 Å². The van der Waals surface area contributed by atoms with Crippen molar-refractivity contribution in [2.45, 2.75) is 37.5 Å². The van der Waals surface area contributed by atoms with Gasteiger partial charge in [0.25, 0.3) is 5.56 Å². The fourth-order valence-electron chi connectivity index (χ4n) is 2.21. The van der Waals surface area contributed by atoms with Crippen molar-refractivity contribution in [3.05, 3.63) is 32.6 Å². The highest BCUT2D eigenvalue weighted by Crippen LogP contribution is 2.46. The fraction of sp³-hybridized carbons (Fsp3) is 0.636. The molecule has 2 rings (SSSR count). The van der Waals surface area contributed by atoms with E-state index in [9.17, 15) is 27.9 Å². The Morgan fingerprint density at radius 3 is 2.62 bits per heavy atom. The predicted molar refractivity (Wildman–Crippen MR) is 62.7 cm³/mol. The van der Waals surface area contributed by atoms with E-state index < -0.39 is 48.4 Å². The number of nitrogens with zero attached hydrogens (tertiary/aromatic N) is 1. The molecule has 10 heteroatoms. The van der Waals surface area contributed by atoms with Crippen LogP contribution in [0.2, 0.25) is 0 Å². The number of alkyl halides is 3. The molecule has 0 bridgehead atoms. The van der Waals surface area contributed by atoms with Crippen LogP contribution < -0.4 is 11.2 Å². The standard InChI is InChI=1S/C11H13F3N2O5/c1-5-3-16(9(20)15-8(5)19)7-2-6(18)10(4-17,21-7)11(12,13)14/h3,6-7,17-18H,2,4H2,1H3,(H,15,19,20)/t6-,7+,10-/m0/s1. The molecule has 0 amide bonds. The Hall–Kier alpha value is -1.65. The average molecular weight is 310 g/mol. The minimum atomic E-state index is -5.02. The largest absolute Gasteiger partial charge is 0.422 e. The van der Waals surface area contributed by atoms with Gasteiger partial charge in [-0.3, -0.25) is 14.3 Å². The third kappa shape index (κ3) is 2.39. The van der Waals surface area contributed by atoms with Gasteiger partial charge in [-0.1, -0.05) is 0 Å². The summed E-state index contributed by atoms with van der Waals surface area (Å²) in [6, 6.07) is 0. The highest BCUT2D eigenvalue weighted by Gasteiger charge is 2.65. The molecular weight excluding hydrogens is 297 g/mol. The summed E-state index contributed by atoms with van der Waals surface area (Å²) in [5, 5.41) is 18.6. The highest BCUT2D eigenvalue weighted by molar-refractivity contribution is 5.05. The van der Waals surface area contributed by atoms with Crippen LogP contribution in [0.15, 0.2) is 15.8 Å². The lowest BCUT2D eigenvalue weighted by Crippen LogP contribution is -2.55. The highest BCUT2D eigenvalue weighted by atomic mass is 19.4. The molecular formula is C11H13F3N2O5. The second-order valence-corrected chi connectivity index (χ2v) is 4.85. The summed E-state index contributed by atoms with van der Waals surface area (Å²) in [6.45, 7) is -0.117. The lowest BCUT2D eigenvalue weighted by molar-refractivity contribution is -0.305. The molecule has 3 atom stereocenters. The minimum Gasteiger partial charge on any atom is -0.393 e. The molecule has 0 aromatic carbocycles. The molecule has 0 spiro atoms. The zero-order valence-corrected chi connectivity index (χ0v) is 10.8. The second kappa shape index (κ2) is 4.97. The lowest BCUT2D eigenvalue weighted by Gasteiger charge is -2.32. The Morgan fingerprint density at radius 1 is 1.52 bits per heavy atom. The maximum atomic E-state index is 13.0. The van der Waals surface area contributed by atoms with Crippen molar-refractivity contribution >= 4 is 0 Å². The SMILES string of the molecule is Cc1cn([C@H]2C[C@H](O)[C@@](CO)(C(F)(F)F)O2)c(=O)[nH]c1=O. The van der Waals surface area contributed by atoms with Gasteiger partial charge < -0.3 is 14.9 Å². The monoisotopic (exact) mass is 310 g/mol. The van der Waals surface area contributed by atoms with E-state index in [-0.39, 0.29) is 5.56 Å². The van der Waals surface area contributed by atoms with Gasteiger partial charge in [0.05, 0.1) is 12.7 Å². The number of aromatic nitrogens is 2. The number of aliphatic hydroxyl groups excluding tert-OH is 2. The van der Waals surface area contributed by atoms with Gasteiger partial charge in [0.1, 0.15) is 6.23 Å². The van der Waals surface area contributed by atoms with Gasteiger partial charge in [0.2, 0.25) is 5.60 Å². The quantitative estimate of drug-likeness (QED) is 0.678. The molecule has 1 aromatic heterocycles. The number of rotatable bonds is 2. The van der Waals surface area contributed by atoms with Crippen LogP contribution in [0, 0.1) is 6.92 Å². The van der Waals surface area contributed by atoms with Crippen molar-refractivity contribution in [3.8, 4) is 0 Å². The molecule has 0 aliphatic carbocycles. The van der Waals surface area contributed by atoms with Crippen LogP contribution in [0.25, 0.3) is 0 Å². The first-order chi connectivity index (χ1) is 9.62. The van der Waals surface area contributed by atoms with Crippen LogP contribution in [-0.2, 0) is 4.74 Å². The third-order valence-corrected chi connectivity index (χ3v) is 3.48. The Labute approximate surface area is 115 Å². The van der Waals surface area contributed by atoms with E-state index in [2.05, 4.69) is 0 Å².